The van der Waals surface area contributed by atoms with Crippen molar-refractivity contribution >= 4 is 17.4 Å². The number of hydrogen-bond donors (Lipinski definition) is 0. The normalized spacial score (nSPS) is 32.8. The minimum atomic E-state index is 0.00333. The van der Waals surface area contributed by atoms with Crippen molar-refractivity contribution in [2.45, 2.75) is 88.8 Å². The maximum Gasteiger partial charge on any atom is 0.176 e. The van der Waals surface area contributed by atoms with Crippen molar-refractivity contribution < 1.29 is 4.79 Å². The van der Waals surface area contributed by atoms with E-state index < -0.39 is 0 Å². The molecule has 0 N–H and O–H groups in total. The number of ketones is 1. The zero-order valence-corrected chi connectivity index (χ0v) is 17.1. The number of nitriles is 1. The van der Waals surface area contributed by atoms with Crippen molar-refractivity contribution in [1.29, 1.82) is 5.26 Å². The molecule has 0 amide bonds. The molecule has 0 aromatic rings. The number of carbonyl (C=O) groups excluding carboxylic acids is 1. The van der Waals surface area contributed by atoms with Crippen molar-refractivity contribution in [1.82, 2.24) is 0 Å². The zero-order valence-electron chi connectivity index (χ0n) is 16.4. The molecule has 2 nitrogen and oxygen atoms in total. The molecule has 0 aliphatic heterocycles. The molecular weight excluding hydrogens is 354 g/mol. The molecule has 3 rings (SSSR count). The van der Waals surface area contributed by atoms with Crippen LogP contribution in [0, 0.1) is 46.8 Å². The molecule has 0 spiro atoms. The highest BCUT2D eigenvalue weighted by Crippen LogP contribution is 2.33. The van der Waals surface area contributed by atoms with Crippen LogP contribution in [0.5, 0.6) is 0 Å². The Kier molecular flexibility index (Phi) is 7.84. The highest BCUT2D eigenvalue weighted by molar-refractivity contribution is 6.20. The lowest BCUT2D eigenvalue weighted by Crippen LogP contribution is -2.23. The number of Topliss-reactive ketones (excluding diaryl/α,β-unsaturated/α-hetero) is 1. The van der Waals surface area contributed by atoms with E-state index in [2.05, 4.69) is 17.9 Å². The van der Waals surface area contributed by atoms with E-state index in [9.17, 15) is 10.1 Å². The van der Waals surface area contributed by atoms with Gasteiger partial charge in [0.2, 0.25) is 0 Å². The molecule has 0 aromatic carbocycles. The van der Waals surface area contributed by atoms with Gasteiger partial charge in [0.05, 0.1) is 5.57 Å². The van der Waals surface area contributed by atoms with Gasteiger partial charge in [-0.15, -0.1) is 11.6 Å². The van der Waals surface area contributed by atoms with Gasteiger partial charge in [-0.2, -0.15) is 5.26 Å². The number of alkyl halides is 1. The highest BCUT2D eigenvalue weighted by atomic mass is 35.5. The van der Waals surface area contributed by atoms with E-state index in [1.54, 1.807) is 0 Å². The topological polar surface area (TPSA) is 40.9 Å². The van der Waals surface area contributed by atoms with E-state index in [0.717, 1.165) is 51.4 Å². The molecule has 0 unspecified atom stereocenters. The third-order valence-electron chi connectivity index (χ3n) is 6.68. The monoisotopic (exact) mass is 385 g/mol. The van der Waals surface area contributed by atoms with Gasteiger partial charge in [0, 0.05) is 23.1 Å². The standard InChI is InChI=1S/C24H32ClNO/c25-23-14-12-21(13-15-23)24(27)22(17-26)16-20-10-8-19(9-11-20)7-6-18-4-2-1-3-5-18/h16,18-21,23H,1-5,8-15H2/b22-16+. The quantitative estimate of drug-likeness (QED) is 0.251. The summed E-state index contributed by atoms with van der Waals surface area (Å²) in [5.74, 6) is 8.64. The summed E-state index contributed by atoms with van der Waals surface area (Å²) in [4.78, 5) is 12.7. The van der Waals surface area contributed by atoms with Crippen molar-refractivity contribution in [2.24, 2.45) is 23.7 Å². The fourth-order valence-electron chi connectivity index (χ4n) is 4.86. The average molecular weight is 386 g/mol. The molecule has 27 heavy (non-hydrogen) atoms. The van der Waals surface area contributed by atoms with Crippen LogP contribution < -0.4 is 0 Å². The third kappa shape index (κ3) is 6.12. The second kappa shape index (κ2) is 10.3. The minimum Gasteiger partial charge on any atom is -0.293 e. The summed E-state index contributed by atoms with van der Waals surface area (Å²) in [5, 5.41) is 9.71. The van der Waals surface area contributed by atoms with E-state index in [-0.39, 0.29) is 17.1 Å². The van der Waals surface area contributed by atoms with Crippen LogP contribution in [0.2, 0.25) is 0 Å². The van der Waals surface area contributed by atoms with Gasteiger partial charge >= 0.3 is 0 Å². The van der Waals surface area contributed by atoms with Crippen molar-refractivity contribution in [2.75, 3.05) is 0 Å². The Hall–Kier alpha value is -1.25. The number of halogens is 1. The summed E-state index contributed by atoms with van der Waals surface area (Å²) < 4.78 is 0. The first-order valence-electron chi connectivity index (χ1n) is 11.0. The molecule has 0 radical (unpaired) electrons. The maximum absolute atomic E-state index is 12.7. The van der Waals surface area contributed by atoms with Gasteiger partial charge in [-0.05, 0) is 70.1 Å². The fourth-order valence-corrected chi connectivity index (χ4v) is 5.11. The molecule has 3 fully saturated rings. The van der Waals surface area contributed by atoms with Gasteiger partial charge in [0.15, 0.2) is 5.78 Å². The van der Waals surface area contributed by atoms with Gasteiger partial charge in [0.1, 0.15) is 6.07 Å². The van der Waals surface area contributed by atoms with E-state index in [0.29, 0.717) is 23.3 Å². The fraction of sp³-hybridized carbons (Fsp3) is 0.750. The van der Waals surface area contributed by atoms with Crippen LogP contribution in [-0.2, 0) is 4.79 Å². The molecule has 0 saturated heterocycles. The van der Waals surface area contributed by atoms with Crippen LogP contribution >= 0.6 is 11.6 Å². The molecule has 146 valence electrons. The second-order valence-electron chi connectivity index (χ2n) is 8.74. The summed E-state index contributed by atoms with van der Waals surface area (Å²) >= 11 is 6.14. The number of carbonyl (C=O) groups is 1. The van der Waals surface area contributed by atoms with Gasteiger partial charge < -0.3 is 0 Å². The summed E-state index contributed by atoms with van der Waals surface area (Å²) in [6, 6.07) is 2.19. The van der Waals surface area contributed by atoms with Crippen molar-refractivity contribution in [3.63, 3.8) is 0 Å². The predicted octanol–water partition coefficient (Wildman–Crippen LogP) is 6.19. The Morgan fingerprint density at radius 1 is 0.815 bits per heavy atom. The summed E-state index contributed by atoms with van der Waals surface area (Å²) in [6.45, 7) is 0. The Morgan fingerprint density at radius 2 is 1.41 bits per heavy atom. The lowest BCUT2D eigenvalue weighted by molar-refractivity contribution is -0.119. The first kappa shape index (κ1) is 20.5. The van der Waals surface area contributed by atoms with Crippen LogP contribution in [0.15, 0.2) is 11.6 Å². The van der Waals surface area contributed by atoms with Crippen molar-refractivity contribution in [3.05, 3.63) is 11.6 Å². The van der Waals surface area contributed by atoms with Crippen LogP contribution in [0.1, 0.15) is 83.5 Å². The van der Waals surface area contributed by atoms with Crippen molar-refractivity contribution in [3.8, 4) is 17.9 Å². The Labute approximate surface area is 169 Å². The van der Waals surface area contributed by atoms with E-state index >= 15 is 0 Å². The molecule has 0 heterocycles. The largest absolute Gasteiger partial charge is 0.293 e. The van der Waals surface area contributed by atoms with Crippen LogP contribution in [0.25, 0.3) is 0 Å². The third-order valence-corrected chi connectivity index (χ3v) is 7.12. The lowest BCUT2D eigenvalue weighted by atomic mass is 9.79. The molecule has 3 heteroatoms. The first-order chi connectivity index (χ1) is 13.2. The van der Waals surface area contributed by atoms with Gasteiger partial charge in [-0.1, -0.05) is 37.2 Å². The number of nitrogens with zero attached hydrogens (tertiary/aromatic N) is 1. The molecule has 3 saturated carbocycles. The molecule has 0 atom stereocenters. The number of allylic oxidation sites excluding steroid dienone is 2. The summed E-state index contributed by atoms with van der Waals surface area (Å²) in [6.07, 6.45) is 16.3. The maximum atomic E-state index is 12.7. The van der Waals surface area contributed by atoms with Crippen LogP contribution in [0.4, 0.5) is 0 Å². The Morgan fingerprint density at radius 3 is 2.00 bits per heavy atom. The van der Waals surface area contributed by atoms with Gasteiger partial charge in [-0.3, -0.25) is 4.79 Å². The second-order valence-corrected chi connectivity index (χ2v) is 9.36. The SMILES string of the molecule is N#C/C(=C\C1CCC(C#CC2CCCCC2)CC1)C(=O)C1CCC(Cl)CC1. The molecular formula is C24H32ClNO. The zero-order chi connectivity index (χ0) is 19.1. The average Bonchev–Trinajstić information content (AvgIpc) is 2.72. The van der Waals surface area contributed by atoms with E-state index in [1.807, 2.05) is 6.08 Å². The first-order valence-corrected chi connectivity index (χ1v) is 11.4. The minimum absolute atomic E-state index is 0.00333. The summed E-state index contributed by atoms with van der Waals surface area (Å²) in [7, 11) is 0. The van der Waals surface area contributed by atoms with Crippen LogP contribution in [-0.4, -0.2) is 11.2 Å². The number of rotatable bonds is 3. The molecule has 0 bridgehead atoms. The molecule has 3 aliphatic carbocycles. The lowest BCUT2D eigenvalue weighted by Gasteiger charge is -2.25. The highest BCUT2D eigenvalue weighted by Gasteiger charge is 2.28. The van der Waals surface area contributed by atoms with Gasteiger partial charge in [0.25, 0.3) is 0 Å². The smallest absolute Gasteiger partial charge is 0.176 e. The Balaban J connectivity index is 1.49. The molecule has 3 aliphatic rings. The van der Waals surface area contributed by atoms with Gasteiger partial charge in [-0.25, -0.2) is 0 Å². The summed E-state index contributed by atoms with van der Waals surface area (Å²) in [5.41, 5.74) is 0.393. The predicted molar refractivity (Wildman–Crippen MR) is 110 cm³/mol. The molecule has 0 aromatic heterocycles. The van der Waals surface area contributed by atoms with Crippen LogP contribution in [0.3, 0.4) is 0 Å². The van der Waals surface area contributed by atoms with E-state index in [1.165, 1.54) is 32.1 Å². The Bertz CT molecular complexity index is 628. The van der Waals surface area contributed by atoms with E-state index in [4.69, 9.17) is 11.6 Å². The number of hydrogen-bond acceptors (Lipinski definition) is 2.